The quantitative estimate of drug-likeness (QED) is 0.839. The molecule has 1 aromatic rings. The Hall–Kier alpha value is -0.540. The fraction of sp³-hybridized carbons (Fsp3) is 0.727. The second-order valence-corrected chi connectivity index (χ2v) is 4.99. The van der Waals surface area contributed by atoms with Crippen LogP contribution >= 0.6 is 11.6 Å². The Morgan fingerprint density at radius 2 is 2.20 bits per heavy atom. The van der Waals surface area contributed by atoms with E-state index in [-0.39, 0.29) is 0 Å². The summed E-state index contributed by atoms with van der Waals surface area (Å²) >= 11 is 6.40. The van der Waals surface area contributed by atoms with Gasteiger partial charge in [0, 0.05) is 24.9 Å². The van der Waals surface area contributed by atoms with Gasteiger partial charge in [-0.05, 0) is 25.7 Å². The van der Waals surface area contributed by atoms with Gasteiger partial charge in [0.05, 0.1) is 5.69 Å². The lowest BCUT2D eigenvalue weighted by Crippen LogP contribution is -2.24. The molecule has 3 nitrogen and oxygen atoms in total. The van der Waals surface area contributed by atoms with Gasteiger partial charge in [0.1, 0.15) is 11.0 Å². The molecular formula is C11H16ClN3. The number of hydrogen-bond acceptors (Lipinski definition) is 2. The van der Waals surface area contributed by atoms with E-state index in [9.17, 15) is 0 Å². The van der Waals surface area contributed by atoms with Crippen molar-refractivity contribution in [2.75, 3.05) is 6.54 Å². The van der Waals surface area contributed by atoms with Gasteiger partial charge >= 0.3 is 0 Å². The topological polar surface area (TPSA) is 43.8 Å². The van der Waals surface area contributed by atoms with E-state index < -0.39 is 0 Å². The Labute approximate surface area is 94.6 Å². The number of halogens is 1. The lowest BCUT2D eigenvalue weighted by Gasteiger charge is -2.24. The summed E-state index contributed by atoms with van der Waals surface area (Å²) in [6.07, 6.45) is 5.90. The zero-order chi connectivity index (χ0) is 10.4. The molecule has 0 bridgehead atoms. The highest BCUT2D eigenvalue weighted by atomic mass is 35.5. The van der Waals surface area contributed by atoms with E-state index in [1.807, 2.05) is 0 Å². The number of aryl methyl sites for hydroxylation is 1. The van der Waals surface area contributed by atoms with Crippen LogP contribution in [-0.2, 0) is 6.42 Å². The van der Waals surface area contributed by atoms with Crippen molar-refractivity contribution in [1.29, 1.82) is 0 Å². The predicted molar refractivity (Wildman–Crippen MR) is 60.2 cm³/mol. The Kier molecular flexibility index (Phi) is 2.25. The number of imidazole rings is 1. The zero-order valence-electron chi connectivity index (χ0n) is 8.75. The van der Waals surface area contributed by atoms with E-state index >= 15 is 0 Å². The molecule has 1 atom stereocenters. The minimum Gasteiger partial charge on any atom is -0.328 e. The van der Waals surface area contributed by atoms with Crippen LogP contribution in [0.4, 0.5) is 0 Å². The van der Waals surface area contributed by atoms with Crippen LogP contribution in [0.1, 0.15) is 49.2 Å². The molecule has 2 heterocycles. The Morgan fingerprint density at radius 3 is 2.87 bits per heavy atom. The molecule has 0 saturated heterocycles. The van der Waals surface area contributed by atoms with Gasteiger partial charge < -0.3 is 10.3 Å². The van der Waals surface area contributed by atoms with Crippen molar-refractivity contribution in [1.82, 2.24) is 9.55 Å². The molecule has 1 saturated carbocycles. The van der Waals surface area contributed by atoms with Crippen molar-refractivity contribution in [2.45, 2.75) is 44.1 Å². The zero-order valence-corrected chi connectivity index (χ0v) is 9.50. The van der Waals surface area contributed by atoms with Gasteiger partial charge in [-0.1, -0.05) is 11.6 Å². The first-order valence-electron chi connectivity index (χ1n) is 5.78. The SMILES string of the molecule is NCC1CCCc2nc(C3CC3)c(Cl)n21. The van der Waals surface area contributed by atoms with Crippen molar-refractivity contribution in [3.05, 3.63) is 16.7 Å². The summed E-state index contributed by atoms with van der Waals surface area (Å²) in [4.78, 5) is 4.69. The smallest absolute Gasteiger partial charge is 0.132 e. The fourth-order valence-corrected chi connectivity index (χ4v) is 2.92. The number of fused-ring (bicyclic) bond motifs is 1. The van der Waals surface area contributed by atoms with E-state index in [1.54, 1.807) is 0 Å². The van der Waals surface area contributed by atoms with Gasteiger partial charge in [0.25, 0.3) is 0 Å². The molecule has 0 amide bonds. The first-order valence-corrected chi connectivity index (χ1v) is 6.15. The minimum absolute atomic E-state index is 0.376. The molecule has 2 aliphatic rings. The second kappa shape index (κ2) is 3.49. The van der Waals surface area contributed by atoms with Crippen LogP contribution < -0.4 is 5.73 Å². The van der Waals surface area contributed by atoms with E-state index in [4.69, 9.17) is 17.3 Å². The highest BCUT2D eigenvalue weighted by Gasteiger charge is 2.33. The van der Waals surface area contributed by atoms with Crippen molar-refractivity contribution < 1.29 is 0 Å². The van der Waals surface area contributed by atoms with E-state index in [0.29, 0.717) is 18.5 Å². The first kappa shape index (κ1) is 9.67. The molecule has 82 valence electrons. The van der Waals surface area contributed by atoms with Gasteiger partial charge in [0.15, 0.2) is 0 Å². The summed E-state index contributed by atoms with van der Waals surface area (Å²) in [5.41, 5.74) is 6.91. The molecule has 3 rings (SSSR count). The number of hydrogen-bond donors (Lipinski definition) is 1. The number of aromatic nitrogens is 2. The first-order chi connectivity index (χ1) is 7.31. The highest BCUT2D eigenvalue weighted by molar-refractivity contribution is 6.30. The summed E-state index contributed by atoms with van der Waals surface area (Å²) in [7, 11) is 0. The monoisotopic (exact) mass is 225 g/mol. The maximum atomic E-state index is 6.40. The van der Waals surface area contributed by atoms with Crippen LogP contribution in [0.2, 0.25) is 5.15 Å². The molecule has 0 aromatic carbocycles. The third kappa shape index (κ3) is 1.49. The average Bonchev–Trinajstić information content (AvgIpc) is 3.04. The summed E-state index contributed by atoms with van der Waals surface area (Å²) in [5, 5.41) is 0.864. The van der Waals surface area contributed by atoms with Crippen LogP contribution in [0.15, 0.2) is 0 Å². The number of nitrogens with two attached hydrogens (primary N) is 1. The van der Waals surface area contributed by atoms with Crippen molar-refractivity contribution >= 4 is 11.6 Å². The van der Waals surface area contributed by atoms with Gasteiger partial charge in [-0.25, -0.2) is 4.98 Å². The van der Waals surface area contributed by atoms with Crippen molar-refractivity contribution in [2.24, 2.45) is 5.73 Å². The van der Waals surface area contributed by atoms with Crippen LogP contribution in [0.5, 0.6) is 0 Å². The lowest BCUT2D eigenvalue weighted by atomic mass is 10.1. The van der Waals surface area contributed by atoms with Crippen LogP contribution in [0, 0.1) is 0 Å². The van der Waals surface area contributed by atoms with Gasteiger partial charge in [-0.3, -0.25) is 0 Å². The molecule has 1 aliphatic carbocycles. The predicted octanol–water partition coefficient (Wildman–Crippen LogP) is 2.25. The molecule has 2 N–H and O–H groups in total. The van der Waals surface area contributed by atoms with E-state index in [2.05, 4.69) is 9.55 Å². The molecular weight excluding hydrogens is 210 g/mol. The Balaban J connectivity index is 2.05. The molecule has 0 spiro atoms. The second-order valence-electron chi connectivity index (χ2n) is 4.63. The van der Waals surface area contributed by atoms with E-state index in [1.165, 1.54) is 19.3 Å². The standard InChI is InChI=1S/C11H16ClN3/c12-11-10(7-4-5-7)14-9-3-1-2-8(6-13)15(9)11/h7-8H,1-6,13H2. The fourth-order valence-electron chi connectivity index (χ4n) is 2.49. The highest BCUT2D eigenvalue weighted by Crippen LogP contribution is 2.44. The minimum atomic E-state index is 0.376. The van der Waals surface area contributed by atoms with Gasteiger partial charge in [-0.15, -0.1) is 0 Å². The summed E-state index contributed by atoms with van der Waals surface area (Å²) in [6.45, 7) is 0.674. The number of nitrogens with zero attached hydrogens (tertiary/aromatic N) is 2. The molecule has 1 aromatic heterocycles. The molecule has 1 aliphatic heterocycles. The summed E-state index contributed by atoms with van der Waals surface area (Å²) in [6, 6.07) is 0.376. The summed E-state index contributed by atoms with van der Waals surface area (Å²) < 4.78 is 2.18. The Morgan fingerprint density at radius 1 is 1.40 bits per heavy atom. The molecule has 15 heavy (non-hydrogen) atoms. The summed E-state index contributed by atoms with van der Waals surface area (Å²) in [5.74, 6) is 1.79. The normalized spacial score (nSPS) is 25.3. The molecule has 1 fully saturated rings. The lowest BCUT2D eigenvalue weighted by molar-refractivity contribution is 0.405. The largest absolute Gasteiger partial charge is 0.328 e. The molecule has 0 radical (unpaired) electrons. The van der Waals surface area contributed by atoms with Crippen molar-refractivity contribution in [3.63, 3.8) is 0 Å². The third-order valence-corrected chi connectivity index (χ3v) is 3.87. The number of rotatable bonds is 2. The van der Waals surface area contributed by atoms with Crippen LogP contribution in [0.25, 0.3) is 0 Å². The third-order valence-electron chi connectivity index (χ3n) is 3.49. The Bertz CT molecular complexity index is 381. The van der Waals surface area contributed by atoms with Gasteiger partial charge in [0.2, 0.25) is 0 Å². The molecule has 4 heteroatoms. The maximum Gasteiger partial charge on any atom is 0.132 e. The van der Waals surface area contributed by atoms with Crippen LogP contribution in [0.3, 0.4) is 0 Å². The van der Waals surface area contributed by atoms with Gasteiger partial charge in [-0.2, -0.15) is 0 Å². The van der Waals surface area contributed by atoms with E-state index in [0.717, 1.165) is 29.5 Å². The van der Waals surface area contributed by atoms with Crippen molar-refractivity contribution in [3.8, 4) is 0 Å². The maximum absolute atomic E-state index is 6.40. The molecule has 1 unspecified atom stereocenters. The average molecular weight is 226 g/mol. The van der Waals surface area contributed by atoms with Crippen LogP contribution in [-0.4, -0.2) is 16.1 Å².